The molecule has 0 bridgehead atoms. The van der Waals surface area contributed by atoms with Crippen LogP contribution in [0, 0.1) is 17.6 Å². The van der Waals surface area contributed by atoms with Gasteiger partial charge in [-0.3, -0.25) is 19.5 Å². The van der Waals surface area contributed by atoms with E-state index in [9.17, 15) is 18.4 Å². The Bertz CT molecular complexity index is 1340. The molecule has 1 aliphatic carbocycles. The van der Waals surface area contributed by atoms with Crippen molar-refractivity contribution in [2.24, 2.45) is 5.92 Å². The first kappa shape index (κ1) is 27.9. The predicted octanol–water partition coefficient (Wildman–Crippen LogP) is 4.82. The molecular weight excluding hydrogens is 516 g/mol. The molecule has 8 nitrogen and oxygen atoms in total. The standard InChI is InChI=1S/C30H35F2N5O3/c1-30(2,27-10-6-7-14-33-27)35-28(38)22-18-37(20-8-4-3-5-9-20)15-13-24(22)34-29(39)25-17-26(40-36-25)21-12-11-19(31)16-23(21)32/h6-7,10-12,14,16-17,20,22,24H,3-5,8-9,13,15,18H2,1-2H3,(H,34,39)(H,35,38). The van der Waals surface area contributed by atoms with Crippen molar-refractivity contribution in [3.05, 3.63) is 71.7 Å². The molecule has 1 saturated carbocycles. The van der Waals surface area contributed by atoms with Crippen molar-refractivity contribution >= 4 is 11.8 Å². The van der Waals surface area contributed by atoms with Gasteiger partial charge in [0, 0.05) is 43.5 Å². The number of rotatable bonds is 7. The van der Waals surface area contributed by atoms with Crippen molar-refractivity contribution in [2.45, 2.75) is 70.0 Å². The summed E-state index contributed by atoms with van der Waals surface area (Å²) in [4.78, 5) is 33.8. The van der Waals surface area contributed by atoms with E-state index < -0.39 is 35.0 Å². The number of nitrogens with zero attached hydrogens (tertiary/aromatic N) is 3. The highest BCUT2D eigenvalue weighted by atomic mass is 19.1. The minimum Gasteiger partial charge on any atom is -0.355 e. The fourth-order valence-electron chi connectivity index (χ4n) is 5.83. The van der Waals surface area contributed by atoms with Crippen LogP contribution < -0.4 is 10.6 Å². The van der Waals surface area contributed by atoms with E-state index in [1.54, 1.807) is 6.20 Å². The second-order valence-corrected chi connectivity index (χ2v) is 11.3. The molecule has 40 heavy (non-hydrogen) atoms. The second-order valence-electron chi connectivity index (χ2n) is 11.3. The highest BCUT2D eigenvalue weighted by molar-refractivity contribution is 5.94. The summed E-state index contributed by atoms with van der Waals surface area (Å²) < 4.78 is 32.7. The Morgan fingerprint density at radius 2 is 1.85 bits per heavy atom. The third-order valence-electron chi connectivity index (χ3n) is 8.07. The second kappa shape index (κ2) is 11.8. The molecule has 2 aromatic heterocycles. The molecule has 2 N–H and O–H groups in total. The number of piperidine rings is 1. The van der Waals surface area contributed by atoms with Gasteiger partial charge < -0.3 is 15.2 Å². The number of likely N-dealkylation sites (tertiary alicyclic amines) is 1. The summed E-state index contributed by atoms with van der Waals surface area (Å²) in [6.45, 7) is 5.13. The summed E-state index contributed by atoms with van der Waals surface area (Å²) >= 11 is 0. The molecule has 2 fully saturated rings. The number of carbonyl (C=O) groups is 2. The molecule has 0 radical (unpaired) electrons. The Morgan fingerprint density at radius 3 is 2.58 bits per heavy atom. The minimum absolute atomic E-state index is 0.00254. The number of hydrogen-bond acceptors (Lipinski definition) is 6. The molecule has 212 valence electrons. The van der Waals surface area contributed by atoms with Crippen LogP contribution in [0.3, 0.4) is 0 Å². The maximum Gasteiger partial charge on any atom is 0.273 e. The molecule has 3 aromatic rings. The Morgan fingerprint density at radius 1 is 1.05 bits per heavy atom. The van der Waals surface area contributed by atoms with Crippen LogP contribution in [0.1, 0.15) is 68.6 Å². The van der Waals surface area contributed by atoms with Crippen LogP contribution in [-0.4, -0.2) is 52.0 Å². The largest absolute Gasteiger partial charge is 0.355 e. The average molecular weight is 552 g/mol. The molecule has 2 amide bonds. The van der Waals surface area contributed by atoms with Gasteiger partial charge in [-0.25, -0.2) is 8.78 Å². The van der Waals surface area contributed by atoms with E-state index in [1.165, 1.54) is 31.4 Å². The van der Waals surface area contributed by atoms with Crippen molar-refractivity contribution in [1.82, 2.24) is 25.7 Å². The van der Waals surface area contributed by atoms with Crippen LogP contribution >= 0.6 is 0 Å². The SMILES string of the molecule is CC(C)(NC(=O)C1CN(C2CCCCC2)CCC1NC(=O)c1cc(-c2ccc(F)cc2F)on1)c1ccccn1. The first-order chi connectivity index (χ1) is 19.2. The topological polar surface area (TPSA) is 100 Å². The van der Waals surface area contributed by atoms with Gasteiger partial charge in [0.05, 0.1) is 22.7 Å². The summed E-state index contributed by atoms with van der Waals surface area (Å²) in [6, 6.07) is 10.00. The Balaban J connectivity index is 1.33. The Labute approximate surface area is 232 Å². The van der Waals surface area contributed by atoms with Crippen molar-refractivity contribution in [1.29, 1.82) is 0 Å². The molecule has 1 saturated heterocycles. The van der Waals surface area contributed by atoms with Gasteiger partial charge in [0.1, 0.15) is 11.6 Å². The van der Waals surface area contributed by atoms with Crippen LogP contribution in [-0.2, 0) is 10.3 Å². The third-order valence-corrected chi connectivity index (χ3v) is 8.07. The number of halogens is 2. The van der Waals surface area contributed by atoms with Gasteiger partial charge in [-0.1, -0.05) is 30.5 Å². The lowest BCUT2D eigenvalue weighted by Gasteiger charge is -2.43. The number of carbonyl (C=O) groups excluding carboxylic acids is 2. The van der Waals surface area contributed by atoms with Crippen LogP contribution in [0.4, 0.5) is 8.78 Å². The van der Waals surface area contributed by atoms with Gasteiger partial charge in [0.25, 0.3) is 5.91 Å². The number of nitrogens with one attached hydrogen (secondary N) is 2. The zero-order valence-corrected chi connectivity index (χ0v) is 22.8. The number of aromatic nitrogens is 2. The van der Waals surface area contributed by atoms with Crippen LogP contribution in [0.2, 0.25) is 0 Å². The number of benzene rings is 1. The van der Waals surface area contributed by atoms with E-state index in [0.29, 0.717) is 19.0 Å². The lowest BCUT2D eigenvalue weighted by Crippen LogP contribution is -2.59. The van der Waals surface area contributed by atoms with E-state index >= 15 is 0 Å². The van der Waals surface area contributed by atoms with Gasteiger partial charge in [-0.05, 0) is 57.4 Å². The van der Waals surface area contributed by atoms with Gasteiger partial charge in [0.2, 0.25) is 5.91 Å². The molecule has 1 aliphatic heterocycles. The van der Waals surface area contributed by atoms with Crippen molar-refractivity contribution < 1.29 is 22.9 Å². The first-order valence-electron chi connectivity index (χ1n) is 13.9. The maximum absolute atomic E-state index is 14.2. The molecule has 0 spiro atoms. The zero-order chi connectivity index (χ0) is 28.3. The smallest absolute Gasteiger partial charge is 0.273 e. The molecule has 2 aliphatic rings. The van der Waals surface area contributed by atoms with Crippen molar-refractivity contribution in [3.63, 3.8) is 0 Å². The van der Waals surface area contributed by atoms with E-state index in [1.807, 2.05) is 32.0 Å². The zero-order valence-electron chi connectivity index (χ0n) is 22.8. The Kier molecular flexibility index (Phi) is 8.25. The minimum atomic E-state index is -0.814. The number of amides is 2. The molecule has 2 unspecified atom stereocenters. The van der Waals surface area contributed by atoms with E-state index in [4.69, 9.17) is 4.52 Å². The molecular formula is C30H35F2N5O3. The summed E-state index contributed by atoms with van der Waals surface area (Å²) in [5.41, 5.74) is -0.00327. The normalized spacial score (nSPS) is 20.7. The van der Waals surface area contributed by atoms with Gasteiger partial charge >= 0.3 is 0 Å². The molecule has 1 aromatic carbocycles. The summed E-state index contributed by atoms with van der Waals surface area (Å²) in [5.74, 6) is -2.69. The lowest BCUT2D eigenvalue weighted by molar-refractivity contribution is -0.130. The van der Waals surface area contributed by atoms with E-state index in [0.717, 1.165) is 37.2 Å². The van der Waals surface area contributed by atoms with Gasteiger partial charge in [-0.15, -0.1) is 0 Å². The molecule has 10 heteroatoms. The van der Waals surface area contributed by atoms with Gasteiger partial charge in [0.15, 0.2) is 11.5 Å². The van der Waals surface area contributed by atoms with E-state index in [-0.39, 0.29) is 22.9 Å². The van der Waals surface area contributed by atoms with Gasteiger partial charge in [-0.2, -0.15) is 0 Å². The van der Waals surface area contributed by atoms with Crippen LogP contribution in [0.15, 0.2) is 53.2 Å². The predicted molar refractivity (Wildman–Crippen MR) is 145 cm³/mol. The monoisotopic (exact) mass is 551 g/mol. The quantitative estimate of drug-likeness (QED) is 0.437. The van der Waals surface area contributed by atoms with E-state index in [2.05, 4.69) is 25.7 Å². The maximum atomic E-state index is 14.2. The molecule has 3 heterocycles. The summed E-state index contributed by atoms with van der Waals surface area (Å²) in [6.07, 6.45) is 8.15. The molecule has 2 atom stereocenters. The number of hydrogen-bond donors (Lipinski definition) is 2. The highest BCUT2D eigenvalue weighted by Crippen LogP contribution is 2.29. The van der Waals surface area contributed by atoms with Crippen molar-refractivity contribution in [3.8, 4) is 11.3 Å². The van der Waals surface area contributed by atoms with Crippen LogP contribution in [0.5, 0.6) is 0 Å². The summed E-state index contributed by atoms with van der Waals surface area (Å²) in [5, 5.41) is 9.96. The van der Waals surface area contributed by atoms with Crippen molar-refractivity contribution in [2.75, 3.05) is 13.1 Å². The molecule has 5 rings (SSSR count). The fourth-order valence-corrected chi connectivity index (χ4v) is 5.83. The number of pyridine rings is 1. The highest BCUT2D eigenvalue weighted by Gasteiger charge is 2.40. The third kappa shape index (κ3) is 6.22. The fraction of sp³-hybridized carbons (Fsp3) is 0.467. The summed E-state index contributed by atoms with van der Waals surface area (Å²) in [7, 11) is 0. The Hall–Kier alpha value is -3.66. The lowest BCUT2D eigenvalue weighted by atomic mass is 9.86. The van der Waals surface area contributed by atoms with Crippen LogP contribution in [0.25, 0.3) is 11.3 Å². The average Bonchev–Trinajstić information content (AvgIpc) is 3.44. The first-order valence-corrected chi connectivity index (χ1v) is 13.9.